The Morgan fingerprint density at radius 1 is 0.571 bits per heavy atom. The second-order valence-electron chi connectivity index (χ2n) is 9.24. The van der Waals surface area contributed by atoms with Crippen LogP contribution in [0.4, 0.5) is 17.1 Å². The Morgan fingerprint density at radius 3 is 1.51 bits per heavy atom. The van der Waals surface area contributed by atoms with Crippen LogP contribution >= 0.6 is 0 Å². The molecule has 4 rings (SSSR count). The number of benzene rings is 4. The molecule has 0 spiro atoms. The minimum absolute atomic E-state index is 0.132. The molecule has 35 heavy (non-hydrogen) atoms. The molecule has 0 bridgehead atoms. The standard InChI is InChI=1S/C30H31NO4/c1-17-11-20(4)29(26(33)14-17)31(30-21(5)12-18(2)15-27(30)34)23-7-9-24(10-8-23)35-28-16-19(3)13-25(32)22(28)6/h7-16,32-34H,1-6H3. The maximum Gasteiger partial charge on any atom is 0.140 e. The second-order valence-corrected chi connectivity index (χ2v) is 9.24. The van der Waals surface area contributed by atoms with Gasteiger partial charge in [0.15, 0.2) is 0 Å². The smallest absolute Gasteiger partial charge is 0.140 e. The van der Waals surface area contributed by atoms with Gasteiger partial charge in [-0.05, 0) is 118 Å². The summed E-state index contributed by atoms with van der Waals surface area (Å²) in [5, 5.41) is 32.1. The van der Waals surface area contributed by atoms with Gasteiger partial charge < -0.3 is 25.0 Å². The number of hydrogen-bond acceptors (Lipinski definition) is 5. The summed E-state index contributed by atoms with van der Waals surface area (Å²) < 4.78 is 6.07. The number of anilines is 3. The van der Waals surface area contributed by atoms with Crippen molar-refractivity contribution in [1.29, 1.82) is 0 Å². The van der Waals surface area contributed by atoms with Crippen LogP contribution in [0.25, 0.3) is 0 Å². The molecule has 0 amide bonds. The number of phenols is 3. The molecular formula is C30H31NO4. The van der Waals surface area contributed by atoms with Crippen LogP contribution in [0.15, 0.2) is 60.7 Å². The zero-order chi connectivity index (χ0) is 25.4. The summed E-state index contributed by atoms with van der Waals surface area (Å²) in [5.74, 6) is 1.65. The molecular weight excluding hydrogens is 438 g/mol. The monoisotopic (exact) mass is 469 g/mol. The molecule has 0 aliphatic rings. The summed E-state index contributed by atoms with van der Waals surface area (Å²) in [4.78, 5) is 1.88. The highest BCUT2D eigenvalue weighted by Crippen LogP contribution is 2.47. The van der Waals surface area contributed by atoms with Gasteiger partial charge in [-0.2, -0.15) is 0 Å². The first-order chi connectivity index (χ1) is 16.5. The molecule has 4 aromatic rings. The number of ether oxygens (including phenoxy) is 1. The maximum atomic E-state index is 11.0. The molecule has 0 atom stereocenters. The van der Waals surface area contributed by atoms with E-state index >= 15 is 0 Å². The van der Waals surface area contributed by atoms with Crippen LogP contribution in [-0.2, 0) is 0 Å². The van der Waals surface area contributed by atoms with Gasteiger partial charge in [-0.15, -0.1) is 0 Å². The minimum atomic E-state index is 0.132. The molecule has 5 heteroatoms. The van der Waals surface area contributed by atoms with E-state index in [9.17, 15) is 15.3 Å². The average molecular weight is 470 g/mol. The number of nitrogens with zero attached hydrogens (tertiary/aromatic N) is 1. The fraction of sp³-hybridized carbons (Fsp3) is 0.200. The highest BCUT2D eigenvalue weighted by molar-refractivity contribution is 5.86. The first-order valence-corrected chi connectivity index (χ1v) is 11.5. The van der Waals surface area contributed by atoms with Crippen molar-refractivity contribution in [3.63, 3.8) is 0 Å². The van der Waals surface area contributed by atoms with Crippen LogP contribution in [0, 0.1) is 41.5 Å². The largest absolute Gasteiger partial charge is 0.508 e. The van der Waals surface area contributed by atoms with Crippen LogP contribution < -0.4 is 9.64 Å². The Bertz CT molecular complexity index is 1300. The number of hydrogen-bond donors (Lipinski definition) is 3. The first-order valence-electron chi connectivity index (χ1n) is 11.5. The van der Waals surface area contributed by atoms with E-state index in [2.05, 4.69) is 0 Å². The van der Waals surface area contributed by atoms with E-state index in [0.717, 1.165) is 33.5 Å². The molecule has 0 saturated carbocycles. The van der Waals surface area contributed by atoms with Crippen LogP contribution in [0.2, 0.25) is 0 Å². The summed E-state index contributed by atoms with van der Waals surface area (Å²) in [6.45, 7) is 11.5. The van der Waals surface area contributed by atoms with E-state index in [1.54, 1.807) is 18.2 Å². The predicted octanol–water partition coefficient (Wildman–Crippen LogP) is 7.92. The highest BCUT2D eigenvalue weighted by atomic mass is 16.5. The Balaban J connectivity index is 1.83. The van der Waals surface area contributed by atoms with Crippen molar-refractivity contribution >= 4 is 17.1 Å². The van der Waals surface area contributed by atoms with Gasteiger partial charge in [0, 0.05) is 11.3 Å². The Kier molecular flexibility index (Phi) is 6.35. The van der Waals surface area contributed by atoms with E-state index in [1.165, 1.54) is 0 Å². The number of rotatable bonds is 5. The third kappa shape index (κ3) is 4.76. The SMILES string of the molecule is Cc1cc(C)c(N(c2ccc(Oc3cc(C)cc(O)c3C)cc2)c2c(C)cc(C)cc2O)c(O)c1. The molecule has 4 aromatic carbocycles. The summed E-state index contributed by atoms with van der Waals surface area (Å²) >= 11 is 0. The van der Waals surface area contributed by atoms with Crippen LogP contribution in [0.3, 0.4) is 0 Å². The zero-order valence-corrected chi connectivity index (χ0v) is 21.0. The lowest BCUT2D eigenvalue weighted by Gasteiger charge is -2.30. The third-order valence-corrected chi connectivity index (χ3v) is 6.10. The minimum Gasteiger partial charge on any atom is -0.508 e. The van der Waals surface area contributed by atoms with E-state index < -0.39 is 0 Å². The second kappa shape index (κ2) is 9.26. The zero-order valence-electron chi connectivity index (χ0n) is 21.0. The van der Waals surface area contributed by atoms with Crippen molar-refractivity contribution in [3.05, 3.63) is 94.0 Å². The van der Waals surface area contributed by atoms with Crippen molar-refractivity contribution in [2.75, 3.05) is 4.90 Å². The van der Waals surface area contributed by atoms with Crippen LogP contribution in [-0.4, -0.2) is 15.3 Å². The quantitative estimate of drug-likeness (QED) is 0.277. The normalized spacial score (nSPS) is 10.9. The van der Waals surface area contributed by atoms with Crippen LogP contribution in [0.1, 0.15) is 33.4 Å². The molecule has 3 N–H and O–H groups in total. The highest BCUT2D eigenvalue weighted by Gasteiger charge is 2.23. The third-order valence-electron chi connectivity index (χ3n) is 6.10. The molecule has 0 radical (unpaired) electrons. The van der Waals surface area contributed by atoms with Crippen molar-refractivity contribution in [3.8, 4) is 28.7 Å². The Labute approximate surface area is 206 Å². The Hall–Kier alpha value is -4.12. The number of aromatic hydroxyl groups is 3. The molecule has 180 valence electrons. The van der Waals surface area contributed by atoms with Crippen molar-refractivity contribution < 1.29 is 20.1 Å². The molecule has 0 aromatic heterocycles. The molecule has 5 nitrogen and oxygen atoms in total. The lowest BCUT2D eigenvalue weighted by Crippen LogP contribution is -2.13. The lowest BCUT2D eigenvalue weighted by atomic mass is 10.0. The first kappa shape index (κ1) is 24.0. The van der Waals surface area contributed by atoms with Crippen molar-refractivity contribution in [2.24, 2.45) is 0 Å². The number of aryl methyl sites for hydroxylation is 5. The van der Waals surface area contributed by atoms with Crippen LogP contribution in [0.5, 0.6) is 28.7 Å². The van der Waals surface area contributed by atoms with Gasteiger partial charge in [-0.25, -0.2) is 0 Å². The van der Waals surface area contributed by atoms with Gasteiger partial charge in [-0.3, -0.25) is 0 Å². The maximum absolute atomic E-state index is 11.0. The van der Waals surface area contributed by atoms with Gasteiger partial charge >= 0.3 is 0 Å². The van der Waals surface area contributed by atoms with Gasteiger partial charge in [0.1, 0.15) is 28.7 Å². The van der Waals surface area contributed by atoms with E-state index in [-0.39, 0.29) is 17.2 Å². The van der Waals surface area contributed by atoms with Gasteiger partial charge in [0.2, 0.25) is 0 Å². The van der Waals surface area contributed by atoms with E-state index in [4.69, 9.17) is 4.74 Å². The summed E-state index contributed by atoms with van der Waals surface area (Å²) in [5.41, 5.74) is 7.20. The summed E-state index contributed by atoms with van der Waals surface area (Å²) in [6, 6.07) is 18.5. The molecule has 0 fully saturated rings. The molecule has 0 unspecified atom stereocenters. The fourth-order valence-corrected chi connectivity index (χ4v) is 4.53. The van der Waals surface area contributed by atoms with Gasteiger partial charge in [0.05, 0.1) is 11.4 Å². The van der Waals surface area contributed by atoms with Crippen molar-refractivity contribution in [1.82, 2.24) is 0 Å². The molecule has 0 heterocycles. The lowest BCUT2D eigenvalue weighted by molar-refractivity contribution is 0.447. The predicted molar refractivity (Wildman–Crippen MR) is 141 cm³/mol. The summed E-state index contributed by atoms with van der Waals surface area (Å²) in [7, 11) is 0. The molecule has 0 aliphatic heterocycles. The van der Waals surface area contributed by atoms with E-state index in [1.807, 2.05) is 88.9 Å². The van der Waals surface area contributed by atoms with Gasteiger partial charge in [0.25, 0.3) is 0 Å². The molecule has 0 saturated heterocycles. The van der Waals surface area contributed by atoms with E-state index in [0.29, 0.717) is 28.4 Å². The van der Waals surface area contributed by atoms with Gasteiger partial charge in [-0.1, -0.05) is 12.1 Å². The average Bonchev–Trinajstić information content (AvgIpc) is 2.75. The topological polar surface area (TPSA) is 73.2 Å². The number of phenolic OH excluding ortho intramolecular Hbond substituents is 3. The fourth-order valence-electron chi connectivity index (χ4n) is 4.53. The summed E-state index contributed by atoms with van der Waals surface area (Å²) in [6.07, 6.45) is 0. The Morgan fingerprint density at radius 2 is 1.03 bits per heavy atom. The van der Waals surface area contributed by atoms with Crippen molar-refractivity contribution in [2.45, 2.75) is 41.5 Å². The molecule has 0 aliphatic carbocycles.